The molecule has 0 N–H and O–H groups in total. The second-order valence-electron chi connectivity index (χ2n) is 4.52. The first kappa shape index (κ1) is 9.82. The fourth-order valence-corrected chi connectivity index (χ4v) is 2.22. The number of hydrogen-bond acceptors (Lipinski definition) is 1. The van der Waals surface area contributed by atoms with Crippen LogP contribution in [0.5, 0.6) is 0 Å². The van der Waals surface area contributed by atoms with Crippen molar-refractivity contribution in [3.8, 4) is 0 Å². The Labute approximate surface area is 86.8 Å². The monoisotopic (exact) mass is 192 g/mol. The molecule has 0 spiro atoms. The van der Waals surface area contributed by atoms with Crippen molar-refractivity contribution in [3.05, 3.63) is 23.5 Å². The van der Waals surface area contributed by atoms with Crippen LogP contribution in [-0.2, 0) is 4.74 Å². The fraction of sp³-hybridized carbons (Fsp3) is 0.692. The van der Waals surface area contributed by atoms with E-state index in [1.165, 1.54) is 49.9 Å². The van der Waals surface area contributed by atoms with E-state index in [0.717, 1.165) is 6.42 Å². The molecule has 0 radical (unpaired) electrons. The average Bonchev–Trinajstić information content (AvgIpc) is 2.23. The van der Waals surface area contributed by atoms with Crippen LogP contribution < -0.4 is 0 Å². The van der Waals surface area contributed by atoms with Gasteiger partial charge in [0.25, 0.3) is 0 Å². The van der Waals surface area contributed by atoms with E-state index < -0.39 is 0 Å². The van der Waals surface area contributed by atoms with Crippen molar-refractivity contribution in [2.45, 2.75) is 58.0 Å². The predicted molar refractivity (Wildman–Crippen MR) is 59.0 cm³/mol. The van der Waals surface area contributed by atoms with Gasteiger partial charge in [-0.2, -0.15) is 0 Å². The first-order valence-corrected chi connectivity index (χ1v) is 5.87. The summed E-state index contributed by atoms with van der Waals surface area (Å²) >= 11 is 0. The summed E-state index contributed by atoms with van der Waals surface area (Å²) < 4.78 is 6.00. The van der Waals surface area contributed by atoms with Crippen LogP contribution in [0.25, 0.3) is 0 Å². The third kappa shape index (κ3) is 2.63. The zero-order valence-corrected chi connectivity index (χ0v) is 9.09. The third-order valence-corrected chi connectivity index (χ3v) is 3.19. The molecule has 0 saturated heterocycles. The molecule has 0 unspecified atom stereocenters. The van der Waals surface area contributed by atoms with Crippen LogP contribution in [0.15, 0.2) is 23.5 Å². The van der Waals surface area contributed by atoms with E-state index in [9.17, 15) is 0 Å². The molecule has 0 aromatic heterocycles. The zero-order chi connectivity index (χ0) is 9.80. The summed E-state index contributed by atoms with van der Waals surface area (Å²) in [5.74, 6) is 1.21. The first-order valence-electron chi connectivity index (χ1n) is 5.87. The predicted octanol–water partition coefficient (Wildman–Crippen LogP) is 3.96. The molecule has 0 aliphatic heterocycles. The molecule has 14 heavy (non-hydrogen) atoms. The van der Waals surface area contributed by atoms with Crippen molar-refractivity contribution in [1.29, 1.82) is 0 Å². The molecule has 2 aliphatic rings. The van der Waals surface area contributed by atoms with Gasteiger partial charge in [0.05, 0.1) is 11.9 Å². The largest absolute Gasteiger partial charge is 0.495 e. The maximum atomic E-state index is 6.00. The molecule has 0 bridgehead atoms. The SMILES string of the molecule is CC1=CC=C(OC2CCCCC2)CC1. The highest BCUT2D eigenvalue weighted by atomic mass is 16.5. The lowest BCUT2D eigenvalue weighted by Gasteiger charge is -2.25. The van der Waals surface area contributed by atoms with E-state index in [0.29, 0.717) is 6.10 Å². The Hall–Kier alpha value is -0.720. The van der Waals surface area contributed by atoms with Crippen molar-refractivity contribution < 1.29 is 4.74 Å². The lowest BCUT2D eigenvalue weighted by atomic mass is 9.97. The Morgan fingerprint density at radius 3 is 2.50 bits per heavy atom. The molecule has 2 rings (SSSR count). The van der Waals surface area contributed by atoms with Gasteiger partial charge in [0, 0.05) is 6.42 Å². The van der Waals surface area contributed by atoms with E-state index in [1.807, 2.05) is 0 Å². The number of allylic oxidation sites excluding steroid dienone is 4. The van der Waals surface area contributed by atoms with Gasteiger partial charge < -0.3 is 4.74 Å². The van der Waals surface area contributed by atoms with Crippen molar-refractivity contribution in [3.63, 3.8) is 0 Å². The molecule has 0 heterocycles. The van der Waals surface area contributed by atoms with Crippen LogP contribution in [0.2, 0.25) is 0 Å². The Balaban J connectivity index is 1.84. The van der Waals surface area contributed by atoms with Crippen LogP contribution in [0, 0.1) is 0 Å². The van der Waals surface area contributed by atoms with Crippen molar-refractivity contribution in [1.82, 2.24) is 0 Å². The topological polar surface area (TPSA) is 9.23 Å². The van der Waals surface area contributed by atoms with Gasteiger partial charge >= 0.3 is 0 Å². The summed E-state index contributed by atoms with van der Waals surface area (Å²) in [6.45, 7) is 2.19. The number of hydrogen-bond donors (Lipinski definition) is 0. The van der Waals surface area contributed by atoms with Gasteiger partial charge in [-0.3, -0.25) is 0 Å². The highest BCUT2D eigenvalue weighted by Crippen LogP contribution is 2.26. The highest BCUT2D eigenvalue weighted by molar-refractivity contribution is 5.19. The van der Waals surface area contributed by atoms with E-state index in [-0.39, 0.29) is 0 Å². The van der Waals surface area contributed by atoms with E-state index in [2.05, 4.69) is 19.1 Å². The molecule has 2 aliphatic carbocycles. The van der Waals surface area contributed by atoms with E-state index in [4.69, 9.17) is 4.74 Å². The summed E-state index contributed by atoms with van der Waals surface area (Å²) in [7, 11) is 0. The van der Waals surface area contributed by atoms with Crippen molar-refractivity contribution in [2.75, 3.05) is 0 Å². The fourth-order valence-electron chi connectivity index (χ4n) is 2.22. The van der Waals surface area contributed by atoms with Gasteiger partial charge in [-0.15, -0.1) is 0 Å². The molecular weight excluding hydrogens is 172 g/mol. The Bertz CT molecular complexity index is 244. The molecule has 1 fully saturated rings. The Kier molecular flexibility index (Phi) is 3.28. The Morgan fingerprint density at radius 2 is 1.86 bits per heavy atom. The lowest BCUT2D eigenvalue weighted by molar-refractivity contribution is 0.0766. The summed E-state index contributed by atoms with van der Waals surface area (Å²) in [6, 6.07) is 0. The van der Waals surface area contributed by atoms with Crippen molar-refractivity contribution in [2.24, 2.45) is 0 Å². The molecular formula is C13H20O. The lowest BCUT2D eigenvalue weighted by Crippen LogP contribution is -2.16. The quantitative estimate of drug-likeness (QED) is 0.643. The molecule has 0 amide bonds. The standard InChI is InChI=1S/C13H20O/c1-11-7-9-13(10-8-11)14-12-5-3-2-4-6-12/h7,9,12H,2-6,8,10H2,1H3. The van der Waals surface area contributed by atoms with Gasteiger partial charge in [-0.05, 0) is 45.1 Å². The van der Waals surface area contributed by atoms with Gasteiger partial charge in [0.1, 0.15) is 0 Å². The number of ether oxygens (including phenoxy) is 1. The number of rotatable bonds is 2. The second-order valence-corrected chi connectivity index (χ2v) is 4.52. The maximum Gasteiger partial charge on any atom is 0.0982 e. The van der Waals surface area contributed by atoms with Crippen LogP contribution in [0.3, 0.4) is 0 Å². The average molecular weight is 192 g/mol. The first-order chi connectivity index (χ1) is 6.84. The molecule has 1 nitrogen and oxygen atoms in total. The zero-order valence-electron chi connectivity index (χ0n) is 9.09. The van der Waals surface area contributed by atoms with Gasteiger partial charge in [-0.25, -0.2) is 0 Å². The molecule has 1 saturated carbocycles. The maximum absolute atomic E-state index is 6.00. The summed E-state index contributed by atoms with van der Waals surface area (Å²) in [5.41, 5.74) is 1.47. The molecule has 0 aromatic carbocycles. The second kappa shape index (κ2) is 4.68. The van der Waals surface area contributed by atoms with Crippen molar-refractivity contribution >= 4 is 0 Å². The van der Waals surface area contributed by atoms with Crippen LogP contribution >= 0.6 is 0 Å². The molecule has 1 heteroatoms. The third-order valence-electron chi connectivity index (χ3n) is 3.19. The summed E-state index contributed by atoms with van der Waals surface area (Å²) in [5, 5.41) is 0. The summed E-state index contributed by atoms with van der Waals surface area (Å²) in [4.78, 5) is 0. The van der Waals surface area contributed by atoms with Gasteiger partial charge in [-0.1, -0.05) is 18.1 Å². The normalized spacial score (nSPS) is 24.1. The Morgan fingerprint density at radius 1 is 1.07 bits per heavy atom. The van der Waals surface area contributed by atoms with Gasteiger partial charge in [0.2, 0.25) is 0 Å². The van der Waals surface area contributed by atoms with Crippen LogP contribution in [-0.4, -0.2) is 6.10 Å². The van der Waals surface area contributed by atoms with E-state index in [1.54, 1.807) is 0 Å². The van der Waals surface area contributed by atoms with E-state index >= 15 is 0 Å². The molecule has 0 atom stereocenters. The smallest absolute Gasteiger partial charge is 0.0982 e. The van der Waals surface area contributed by atoms with Crippen LogP contribution in [0.4, 0.5) is 0 Å². The summed E-state index contributed by atoms with van der Waals surface area (Å²) in [6.07, 6.45) is 13.8. The van der Waals surface area contributed by atoms with Gasteiger partial charge in [0.15, 0.2) is 0 Å². The van der Waals surface area contributed by atoms with Crippen LogP contribution in [0.1, 0.15) is 51.9 Å². The highest BCUT2D eigenvalue weighted by Gasteiger charge is 2.16. The molecule has 0 aromatic rings. The minimum Gasteiger partial charge on any atom is -0.495 e. The minimum absolute atomic E-state index is 0.516. The molecule has 78 valence electrons. The minimum atomic E-state index is 0.516.